The van der Waals surface area contributed by atoms with Crippen molar-refractivity contribution in [2.75, 3.05) is 0 Å². The number of carbonyl (C=O) groups is 2. The van der Waals surface area contributed by atoms with E-state index in [1.165, 1.54) is 23.5 Å². The number of aliphatic carboxylic acids is 2. The largest absolute Gasteiger partial charge is 0.477 e. The minimum absolute atomic E-state index is 0.265. The van der Waals surface area contributed by atoms with Crippen LogP contribution in [-0.4, -0.2) is 22.2 Å². The first-order chi connectivity index (χ1) is 8.25. The van der Waals surface area contributed by atoms with Crippen molar-refractivity contribution >= 4 is 35.5 Å². The van der Waals surface area contributed by atoms with Gasteiger partial charge in [-0.15, -0.1) is 0 Å². The molecule has 0 unspecified atom stereocenters. The number of hydrogen-bond acceptors (Lipinski definition) is 4. The van der Waals surface area contributed by atoms with Crippen LogP contribution in [0, 0.1) is 11.8 Å². The van der Waals surface area contributed by atoms with Crippen LogP contribution in [0.2, 0.25) is 0 Å². The predicted octanol–water partition coefficient (Wildman–Crippen LogP) is 3.37. The Bertz CT molecular complexity index is 409. The highest BCUT2D eigenvalue weighted by molar-refractivity contribution is 8.28. The fourth-order valence-electron chi connectivity index (χ4n) is 1.49. The maximum absolute atomic E-state index is 11.0. The molecule has 0 saturated heterocycles. The Balaban J connectivity index is 3.20. The number of allylic oxidation sites excluding steroid dienone is 2. The molecule has 0 saturated carbocycles. The second-order valence-corrected chi connectivity index (χ2v) is 6.88. The standard InChI is InChI=1S/C12H16O4S2/c1-5(2)8-9(6(3)4)18-12(17-8)7(10(13)14)11(15)16/h5-6H,1-4H3,(H,13,14)(H,15,16). The minimum Gasteiger partial charge on any atom is -0.477 e. The molecular formula is C12H16O4S2. The van der Waals surface area contributed by atoms with Gasteiger partial charge in [-0.3, -0.25) is 0 Å². The lowest BCUT2D eigenvalue weighted by Crippen LogP contribution is -2.12. The van der Waals surface area contributed by atoms with E-state index in [9.17, 15) is 9.59 Å². The van der Waals surface area contributed by atoms with E-state index >= 15 is 0 Å². The monoisotopic (exact) mass is 288 g/mol. The number of thioether (sulfide) groups is 2. The molecule has 18 heavy (non-hydrogen) atoms. The van der Waals surface area contributed by atoms with Crippen LogP contribution in [0.3, 0.4) is 0 Å². The lowest BCUT2D eigenvalue weighted by molar-refractivity contribution is -0.140. The molecule has 0 bridgehead atoms. The molecule has 0 amide bonds. The quantitative estimate of drug-likeness (QED) is 0.469. The zero-order valence-electron chi connectivity index (χ0n) is 10.7. The van der Waals surface area contributed by atoms with Gasteiger partial charge in [-0.05, 0) is 11.8 Å². The summed E-state index contributed by atoms with van der Waals surface area (Å²) in [4.78, 5) is 24.1. The molecule has 1 heterocycles. The normalized spacial score (nSPS) is 15.8. The summed E-state index contributed by atoms with van der Waals surface area (Å²) in [5, 5.41) is 17.9. The van der Waals surface area contributed by atoms with E-state index in [0.717, 1.165) is 9.81 Å². The molecule has 0 radical (unpaired) electrons. The predicted molar refractivity (Wildman–Crippen MR) is 74.2 cm³/mol. The lowest BCUT2D eigenvalue weighted by atomic mass is 10.1. The number of carboxylic acids is 2. The van der Waals surface area contributed by atoms with Gasteiger partial charge < -0.3 is 10.2 Å². The van der Waals surface area contributed by atoms with Crippen molar-refractivity contribution in [2.45, 2.75) is 27.7 Å². The van der Waals surface area contributed by atoms with Crippen LogP contribution >= 0.6 is 23.5 Å². The fraction of sp³-hybridized carbons (Fsp3) is 0.500. The van der Waals surface area contributed by atoms with Gasteiger partial charge >= 0.3 is 11.9 Å². The molecule has 0 fully saturated rings. The van der Waals surface area contributed by atoms with Crippen LogP contribution in [0.25, 0.3) is 0 Å². The Morgan fingerprint density at radius 3 is 1.44 bits per heavy atom. The van der Waals surface area contributed by atoms with E-state index in [4.69, 9.17) is 10.2 Å². The van der Waals surface area contributed by atoms with Gasteiger partial charge in [0.1, 0.15) is 0 Å². The maximum atomic E-state index is 11.0. The first kappa shape index (κ1) is 15.2. The molecule has 0 spiro atoms. The van der Waals surface area contributed by atoms with Crippen molar-refractivity contribution in [3.63, 3.8) is 0 Å². The summed E-state index contributed by atoms with van der Waals surface area (Å²) >= 11 is 2.56. The molecule has 1 aliphatic rings. The van der Waals surface area contributed by atoms with Crippen molar-refractivity contribution in [3.05, 3.63) is 19.6 Å². The average molecular weight is 288 g/mol. The SMILES string of the molecule is CC(C)C1=C(C(C)C)SC(=C(C(=O)O)C(=O)O)S1. The van der Waals surface area contributed by atoms with Crippen molar-refractivity contribution in [3.8, 4) is 0 Å². The Labute approximate surface area is 115 Å². The molecule has 4 nitrogen and oxygen atoms in total. The molecule has 1 rings (SSSR count). The number of rotatable bonds is 4. The lowest BCUT2D eigenvalue weighted by Gasteiger charge is -2.10. The van der Waals surface area contributed by atoms with Gasteiger partial charge in [-0.1, -0.05) is 51.2 Å². The molecule has 0 atom stereocenters. The second-order valence-electron chi connectivity index (χ2n) is 4.51. The summed E-state index contributed by atoms with van der Waals surface area (Å²) in [5.74, 6) is -2.24. The van der Waals surface area contributed by atoms with Crippen molar-refractivity contribution in [1.82, 2.24) is 0 Å². The Kier molecular flexibility index (Phi) is 4.92. The smallest absolute Gasteiger partial charge is 0.344 e. The zero-order valence-corrected chi connectivity index (χ0v) is 12.3. The Hall–Kier alpha value is -0.880. The number of carboxylic acid groups (broad SMARTS) is 2. The van der Waals surface area contributed by atoms with Crippen LogP contribution in [0.1, 0.15) is 27.7 Å². The van der Waals surface area contributed by atoms with Crippen molar-refractivity contribution < 1.29 is 19.8 Å². The summed E-state index contributed by atoms with van der Waals surface area (Å²) in [5.41, 5.74) is -0.529. The van der Waals surface area contributed by atoms with Gasteiger partial charge in [0.2, 0.25) is 0 Å². The fourth-order valence-corrected chi connectivity index (χ4v) is 4.55. The molecule has 2 N–H and O–H groups in total. The summed E-state index contributed by atoms with van der Waals surface area (Å²) in [7, 11) is 0. The molecule has 100 valence electrons. The van der Waals surface area contributed by atoms with Gasteiger partial charge in [0.15, 0.2) is 5.57 Å². The summed E-state index contributed by atoms with van der Waals surface area (Å²) in [6.45, 7) is 8.09. The van der Waals surface area contributed by atoms with Crippen LogP contribution < -0.4 is 0 Å². The van der Waals surface area contributed by atoms with E-state index in [0.29, 0.717) is 4.24 Å². The molecular weight excluding hydrogens is 272 g/mol. The van der Waals surface area contributed by atoms with Crippen molar-refractivity contribution in [2.24, 2.45) is 11.8 Å². The summed E-state index contributed by atoms with van der Waals surface area (Å²) in [6.07, 6.45) is 0. The molecule has 0 aromatic carbocycles. The summed E-state index contributed by atoms with van der Waals surface area (Å²) in [6, 6.07) is 0. The Morgan fingerprint density at radius 1 is 0.889 bits per heavy atom. The van der Waals surface area contributed by atoms with Gasteiger partial charge in [0, 0.05) is 9.81 Å². The minimum atomic E-state index is -1.38. The molecule has 0 aliphatic carbocycles. The van der Waals surface area contributed by atoms with E-state index < -0.39 is 17.5 Å². The van der Waals surface area contributed by atoms with E-state index in [2.05, 4.69) is 0 Å². The third kappa shape index (κ3) is 3.11. The third-order valence-corrected chi connectivity index (χ3v) is 5.56. The average Bonchev–Trinajstić information content (AvgIpc) is 2.61. The van der Waals surface area contributed by atoms with Crippen LogP contribution in [0.15, 0.2) is 19.6 Å². The number of hydrogen-bond donors (Lipinski definition) is 2. The highest BCUT2D eigenvalue weighted by atomic mass is 32.2. The van der Waals surface area contributed by atoms with Crippen LogP contribution in [-0.2, 0) is 9.59 Å². The van der Waals surface area contributed by atoms with E-state index in [1.54, 1.807) is 0 Å². The maximum Gasteiger partial charge on any atom is 0.344 e. The molecule has 1 aliphatic heterocycles. The topological polar surface area (TPSA) is 74.6 Å². The van der Waals surface area contributed by atoms with E-state index in [-0.39, 0.29) is 11.8 Å². The second kappa shape index (κ2) is 5.84. The highest BCUT2D eigenvalue weighted by Crippen LogP contribution is 2.55. The van der Waals surface area contributed by atoms with Crippen LogP contribution in [0.5, 0.6) is 0 Å². The van der Waals surface area contributed by atoms with E-state index in [1.807, 2.05) is 27.7 Å². The molecule has 6 heteroatoms. The summed E-state index contributed by atoms with van der Waals surface area (Å²) < 4.78 is 0.363. The molecule has 0 aromatic heterocycles. The first-order valence-corrected chi connectivity index (χ1v) is 7.19. The highest BCUT2D eigenvalue weighted by Gasteiger charge is 2.32. The van der Waals surface area contributed by atoms with Crippen molar-refractivity contribution in [1.29, 1.82) is 0 Å². The van der Waals surface area contributed by atoms with Gasteiger partial charge in [-0.2, -0.15) is 0 Å². The van der Waals surface area contributed by atoms with Crippen LogP contribution in [0.4, 0.5) is 0 Å². The molecule has 0 aromatic rings. The first-order valence-electron chi connectivity index (χ1n) is 5.56. The Morgan fingerprint density at radius 2 is 1.22 bits per heavy atom. The zero-order chi connectivity index (χ0) is 14.0. The third-order valence-electron chi connectivity index (χ3n) is 2.33. The van der Waals surface area contributed by atoms with Gasteiger partial charge in [-0.25, -0.2) is 9.59 Å². The van der Waals surface area contributed by atoms with Gasteiger partial charge in [0.25, 0.3) is 0 Å². The van der Waals surface area contributed by atoms with Gasteiger partial charge in [0.05, 0.1) is 4.24 Å².